The SMILES string of the molecule is CCCCCCCCCCCCCCCCCCCCCCCC(O)NC(O)CCC. The smallest absolute Gasteiger partial charge is 0.106 e. The van der Waals surface area contributed by atoms with Gasteiger partial charge in [0.25, 0.3) is 0 Å². The van der Waals surface area contributed by atoms with Crippen LogP contribution in [0.3, 0.4) is 0 Å². The van der Waals surface area contributed by atoms with E-state index in [4.69, 9.17) is 0 Å². The summed E-state index contributed by atoms with van der Waals surface area (Å²) in [7, 11) is 0. The van der Waals surface area contributed by atoms with Crippen molar-refractivity contribution < 1.29 is 10.2 Å². The summed E-state index contributed by atoms with van der Waals surface area (Å²) in [6, 6.07) is 0. The van der Waals surface area contributed by atoms with Gasteiger partial charge in [-0.1, -0.05) is 149 Å². The number of aliphatic hydroxyl groups excluding tert-OH is 2. The van der Waals surface area contributed by atoms with Crippen LogP contribution in [-0.4, -0.2) is 22.7 Å². The molecular formula is C28H59NO2. The summed E-state index contributed by atoms with van der Waals surface area (Å²) < 4.78 is 0. The van der Waals surface area contributed by atoms with Crippen molar-refractivity contribution in [2.24, 2.45) is 0 Å². The highest BCUT2D eigenvalue weighted by Gasteiger charge is 2.08. The number of hydrogen-bond acceptors (Lipinski definition) is 3. The molecule has 2 unspecified atom stereocenters. The molecule has 31 heavy (non-hydrogen) atoms. The Kier molecular flexibility index (Phi) is 26.0. The highest BCUT2D eigenvalue weighted by atomic mass is 16.3. The summed E-state index contributed by atoms with van der Waals surface area (Å²) in [5.41, 5.74) is 0. The van der Waals surface area contributed by atoms with Gasteiger partial charge in [0.2, 0.25) is 0 Å². The Hall–Kier alpha value is -0.120. The van der Waals surface area contributed by atoms with Crippen molar-refractivity contribution in [1.29, 1.82) is 0 Å². The molecule has 0 heterocycles. The summed E-state index contributed by atoms with van der Waals surface area (Å²) in [6.45, 7) is 4.33. The van der Waals surface area contributed by atoms with Gasteiger partial charge >= 0.3 is 0 Å². The summed E-state index contributed by atoms with van der Waals surface area (Å²) >= 11 is 0. The molecule has 0 saturated heterocycles. The second-order valence-electron chi connectivity index (χ2n) is 9.85. The van der Waals surface area contributed by atoms with Gasteiger partial charge in [-0.15, -0.1) is 0 Å². The first-order valence-electron chi connectivity index (χ1n) is 14.3. The fourth-order valence-electron chi connectivity index (χ4n) is 4.43. The van der Waals surface area contributed by atoms with E-state index in [1.165, 1.54) is 128 Å². The van der Waals surface area contributed by atoms with Crippen LogP contribution in [0.25, 0.3) is 0 Å². The van der Waals surface area contributed by atoms with Gasteiger partial charge < -0.3 is 10.2 Å². The maximum atomic E-state index is 9.83. The van der Waals surface area contributed by atoms with Crippen molar-refractivity contribution in [3.63, 3.8) is 0 Å². The first-order valence-corrected chi connectivity index (χ1v) is 14.3. The molecule has 2 atom stereocenters. The molecule has 3 nitrogen and oxygen atoms in total. The summed E-state index contributed by atoms with van der Waals surface area (Å²) in [5, 5.41) is 22.3. The van der Waals surface area contributed by atoms with E-state index in [1.807, 2.05) is 6.92 Å². The standard InChI is InChI=1S/C28H59NO2/c1-3-5-6-7-8-9-10-11-12-13-14-15-16-17-18-19-20-21-22-23-24-26-28(31)29-27(30)25-4-2/h27-31H,3-26H2,1-2H3. The largest absolute Gasteiger partial charge is 0.379 e. The van der Waals surface area contributed by atoms with Crippen molar-refractivity contribution in [1.82, 2.24) is 5.32 Å². The molecule has 0 bridgehead atoms. The van der Waals surface area contributed by atoms with E-state index in [9.17, 15) is 10.2 Å². The summed E-state index contributed by atoms with van der Waals surface area (Å²) in [5.74, 6) is 0. The lowest BCUT2D eigenvalue weighted by Crippen LogP contribution is -2.37. The van der Waals surface area contributed by atoms with E-state index in [2.05, 4.69) is 12.2 Å². The van der Waals surface area contributed by atoms with E-state index < -0.39 is 12.5 Å². The predicted molar refractivity (Wildman–Crippen MR) is 137 cm³/mol. The number of rotatable bonds is 26. The number of unbranched alkanes of at least 4 members (excludes halogenated alkanes) is 20. The maximum absolute atomic E-state index is 9.83. The zero-order chi connectivity index (χ0) is 22.8. The van der Waals surface area contributed by atoms with Crippen LogP contribution in [0.5, 0.6) is 0 Å². The van der Waals surface area contributed by atoms with Crippen molar-refractivity contribution in [2.45, 2.75) is 180 Å². The van der Waals surface area contributed by atoms with E-state index in [1.54, 1.807) is 0 Å². The van der Waals surface area contributed by atoms with Crippen molar-refractivity contribution in [3.05, 3.63) is 0 Å². The van der Waals surface area contributed by atoms with Gasteiger partial charge in [-0.2, -0.15) is 0 Å². The molecule has 0 radical (unpaired) electrons. The lowest BCUT2D eigenvalue weighted by Gasteiger charge is -2.17. The highest BCUT2D eigenvalue weighted by molar-refractivity contribution is 4.58. The van der Waals surface area contributed by atoms with Crippen LogP contribution in [0.1, 0.15) is 168 Å². The fourth-order valence-corrected chi connectivity index (χ4v) is 4.43. The van der Waals surface area contributed by atoms with Gasteiger partial charge in [0.15, 0.2) is 0 Å². The van der Waals surface area contributed by atoms with Gasteiger partial charge in [-0.3, -0.25) is 5.32 Å². The Balaban J connectivity index is 3.11. The number of aliphatic hydroxyl groups is 2. The Morgan fingerprint density at radius 1 is 0.387 bits per heavy atom. The van der Waals surface area contributed by atoms with Gasteiger partial charge in [0, 0.05) is 0 Å². The average Bonchev–Trinajstić information content (AvgIpc) is 2.75. The van der Waals surface area contributed by atoms with Gasteiger partial charge in [-0.25, -0.2) is 0 Å². The van der Waals surface area contributed by atoms with Crippen LogP contribution in [0, 0.1) is 0 Å². The van der Waals surface area contributed by atoms with Crippen molar-refractivity contribution in [2.75, 3.05) is 0 Å². The van der Waals surface area contributed by atoms with E-state index in [0.717, 1.165) is 19.3 Å². The monoisotopic (exact) mass is 441 g/mol. The lowest BCUT2D eigenvalue weighted by molar-refractivity contribution is 0.0320. The molecule has 0 aromatic heterocycles. The lowest BCUT2D eigenvalue weighted by atomic mass is 10.0. The quantitative estimate of drug-likeness (QED) is 0.0930. The third-order valence-electron chi connectivity index (χ3n) is 6.53. The molecule has 0 fully saturated rings. The molecule has 0 aromatic carbocycles. The summed E-state index contributed by atoms with van der Waals surface area (Å²) in [4.78, 5) is 0. The minimum Gasteiger partial charge on any atom is -0.379 e. The normalized spacial score (nSPS) is 13.5. The molecule has 3 N–H and O–H groups in total. The third-order valence-corrected chi connectivity index (χ3v) is 6.53. The minimum absolute atomic E-state index is 0.554. The molecule has 0 aromatic rings. The van der Waals surface area contributed by atoms with Crippen molar-refractivity contribution in [3.8, 4) is 0 Å². The Labute approximate surface area is 196 Å². The molecule has 0 aliphatic carbocycles. The van der Waals surface area contributed by atoms with Gasteiger partial charge in [0.05, 0.1) is 0 Å². The van der Waals surface area contributed by atoms with E-state index in [-0.39, 0.29) is 0 Å². The fraction of sp³-hybridized carbons (Fsp3) is 1.00. The van der Waals surface area contributed by atoms with Crippen LogP contribution in [0.2, 0.25) is 0 Å². The van der Waals surface area contributed by atoms with Gasteiger partial charge in [0.1, 0.15) is 12.5 Å². The first-order chi connectivity index (χ1) is 15.2. The third kappa shape index (κ3) is 26.0. The van der Waals surface area contributed by atoms with Crippen molar-refractivity contribution >= 4 is 0 Å². The molecule has 0 spiro atoms. The second kappa shape index (κ2) is 26.1. The molecule has 188 valence electrons. The molecule has 0 aliphatic heterocycles. The molecule has 0 aliphatic rings. The average molecular weight is 442 g/mol. The van der Waals surface area contributed by atoms with E-state index >= 15 is 0 Å². The molecular weight excluding hydrogens is 382 g/mol. The van der Waals surface area contributed by atoms with Gasteiger partial charge in [-0.05, 0) is 19.3 Å². The molecule has 0 amide bonds. The Morgan fingerprint density at radius 3 is 1.00 bits per heavy atom. The second-order valence-corrected chi connectivity index (χ2v) is 9.85. The summed E-state index contributed by atoms with van der Waals surface area (Å²) in [6.07, 6.45) is 30.5. The number of nitrogens with one attached hydrogen (secondary N) is 1. The van der Waals surface area contributed by atoms with Crippen LogP contribution in [0.15, 0.2) is 0 Å². The van der Waals surface area contributed by atoms with Crippen LogP contribution in [-0.2, 0) is 0 Å². The Morgan fingerprint density at radius 2 is 0.677 bits per heavy atom. The molecule has 0 rings (SSSR count). The Bertz CT molecular complexity index is 324. The topological polar surface area (TPSA) is 52.5 Å². The maximum Gasteiger partial charge on any atom is 0.106 e. The zero-order valence-corrected chi connectivity index (χ0v) is 21.5. The van der Waals surface area contributed by atoms with E-state index in [0.29, 0.717) is 6.42 Å². The molecule has 3 heteroatoms. The number of hydrogen-bond donors (Lipinski definition) is 3. The van der Waals surface area contributed by atoms with Crippen LogP contribution < -0.4 is 5.32 Å². The zero-order valence-electron chi connectivity index (χ0n) is 21.5. The van der Waals surface area contributed by atoms with Crippen LogP contribution >= 0.6 is 0 Å². The predicted octanol–water partition coefficient (Wildman–Crippen LogP) is 8.62. The minimum atomic E-state index is -0.560. The first kappa shape index (κ1) is 30.9. The molecule has 0 saturated carbocycles. The highest BCUT2D eigenvalue weighted by Crippen LogP contribution is 2.15. The van der Waals surface area contributed by atoms with Crippen LogP contribution in [0.4, 0.5) is 0 Å².